The number of fused-ring (bicyclic) bond motifs is 1. The first kappa shape index (κ1) is 20.3. The molecule has 3 heterocycles. The molecule has 0 radical (unpaired) electrons. The number of aromatic hydroxyl groups is 1. The van der Waals surface area contributed by atoms with E-state index in [1.54, 1.807) is 12.4 Å². The van der Waals surface area contributed by atoms with Crippen LogP contribution in [0.4, 0.5) is 11.8 Å². The van der Waals surface area contributed by atoms with Gasteiger partial charge in [-0.1, -0.05) is 25.7 Å². The maximum atomic E-state index is 10.1. The molecule has 0 unspecified atom stereocenters. The average Bonchev–Trinajstić information content (AvgIpc) is 3.03. The molecule has 1 aliphatic carbocycles. The fourth-order valence-corrected chi connectivity index (χ4v) is 3.36. The Bertz CT molecular complexity index is 795. The highest BCUT2D eigenvalue weighted by Gasteiger charge is 2.17. The Balaban J connectivity index is 0.00000121. The van der Waals surface area contributed by atoms with Crippen LogP contribution in [-0.2, 0) is 0 Å². The number of aliphatic imine (C=N–C) groups is 1. The summed E-state index contributed by atoms with van der Waals surface area (Å²) in [5, 5.41) is 13.6. The quantitative estimate of drug-likeness (QED) is 0.654. The lowest BCUT2D eigenvalue weighted by atomic mass is 10.1. The lowest BCUT2D eigenvalue weighted by molar-refractivity contribution is 0.455. The number of H-pyrrole nitrogens is 1. The maximum absolute atomic E-state index is 10.1. The zero-order chi connectivity index (χ0) is 16.4. The summed E-state index contributed by atoms with van der Waals surface area (Å²) < 4.78 is 0. The number of imidazole rings is 1. The van der Waals surface area contributed by atoms with Gasteiger partial charge in [-0.15, -0.1) is 24.8 Å². The zero-order valence-electron chi connectivity index (χ0n) is 14.3. The summed E-state index contributed by atoms with van der Waals surface area (Å²) >= 11 is 0. The maximum Gasteiger partial charge on any atom is 0.238 e. The van der Waals surface area contributed by atoms with Crippen molar-refractivity contribution in [3.8, 4) is 5.88 Å². The van der Waals surface area contributed by atoms with Gasteiger partial charge in [0, 0.05) is 29.6 Å². The molecule has 0 saturated heterocycles. The second-order valence-corrected chi connectivity index (χ2v) is 6.39. The molecule has 0 spiro atoms. The number of rotatable bonds is 3. The van der Waals surface area contributed by atoms with E-state index in [9.17, 15) is 5.11 Å². The third-order valence-corrected chi connectivity index (χ3v) is 4.63. The number of hydrogen-bond donors (Lipinski definition) is 3. The summed E-state index contributed by atoms with van der Waals surface area (Å²) in [6, 6.07) is 4.28. The molecule has 1 aliphatic heterocycles. The highest BCUT2D eigenvalue weighted by Crippen LogP contribution is 2.31. The second-order valence-electron chi connectivity index (χ2n) is 6.39. The normalized spacial score (nSPS) is 17.9. The van der Waals surface area contributed by atoms with E-state index in [1.165, 1.54) is 25.7 Å². The monoisotopic (exact) mass is 395 g/mol. The van der Waals surface area contributed by atoms with Crippen molar-refractivity contribution >= 4 is 54.4 Å². The highest BCUT2D eigenvalue weighted by molar-refractivity contribution is 6.20. The first-order valence-electron chi connectivity index (χ1n) is 8.56. The van der Waals surface area contributed by atoms with Gasteiger partial charge in [-0.3, -0.25) is 0 Å². The summed E-state index contributed by atoms with van der Waals surface area (Å²) in [5.74, 6) is 1.34. The molecule has 2 aromatic heterocycles. The minimum absolute atomic E-state index is 0. The predicted octanol–water partition coefficient (Wildman–Crippen LogP) is 4.75. The lowest BCUT2D eigenvalue weighted by Crippen LogP contribution is -2.19. The minimum atomic E-state index is 0. The van der Waals surface area contributed by atoms with Crippen LogP contribution in [0.5, 0.6) is 5.88 Å². The number of nitrogens with zero attached hydrogens (tertiary/aromatic N) is 3. The van der Waals surface area contributed by atoms with Crippen molar-refractivity contribution in [1.82, 2.24) is 15.0 Å². The fourth-order valence-electron chi connectivity index (χ4n) is 3.36. The van der Waals surface area contributed by atoms with Gasteiger partial charge >= 0.3 is 0 Å². The van der Waals surface area contributed by atoms with E-state index in [2.05, 4.69) is 25.3 Å². The summed E-state index contributed by atoms with van der Waals surface area (Å²) in [7, 11) is 0. The van der Waals surface area contributed by atoms with Gasteiger partial charge in [-0.05, 0) is 31.1 Å². The van der Waals surface area contributed by atoms with Gasteiger partial charge in [0.1, 0.15) is 5.69 Å². The number of pyridine rings is 1. The third-order valence-electron chi connectivity index (χ3n) is 4.63. The molecule has 0 aromatic carbocycles. The predicted molar refractivity (Wildman–Crippen MR) is 110 cm³/mol. The van der Waals surface area contributed by atoms with E-state index in [4.69, 9.17) is 0 Å². The fraction of sp³-hybridized carbons (Fsp3) is 0.389. The van der Waals surface area contributed by atoms with Gasteiger partial charge in [0.05, 0.1) is 0 Å². The van der Waals surface area contributed by atoms with Crippen LogP contribution in [0.15, 0.2) is 23.3 Å². The molecule has 0 amide bonds. The Morgan fingerprint density at radius 2 is 1.92 bits per heavy atom. The van der Waals surface area contributed by atoms with Crippen LogP contribution >= 0.6 is 24.8 Å². The number of allylic oxidation sites excluding steroid dienone is 1. The van der Waals surface area contributed by atoms with E-state index in [-0.39, 0.29) is 30.7 Å². The Hall–Kier alpha value is -2.05. The van der Waals surface area contributed by atoms with Crippen LogP contribution in [-0.4, -0.2) is 32.3 Å². The Kier molecular flexibility index (Phi) is 7.06. The summed E-state index contributed by atoms with van der Waals surface area (Å²) in [6.45, 7) is 0. The molecule has 2 aromatic rings. The van der Waals surface area contributed by atoms with Crippen molar-refractivity contribution in [2.45, 2.75) is 44.6 Å². The van der Waals surface area contributed by atoms with Crippen LogP contribution in [0.2, 0.25) is 0 Å². The van der Waals surface area contributed by atoms with E-state index >= 15 is 0 Å². The largest absolute Gasteiger partial charge is 0.492 e. The van der Waals surface area contributed by atoms with Gasteiger partial charge in [0.15, 0.2) is 5.82 Å². The molecule has 1 fully saturated rings. The number of anilines is 1. The van der Waals surface area contributed by atoms with Gasteiger partial charge in [-0.25, -0.2) is 9.98 Å². The number of nitrogens with one attached hydrogen (secondary N) is 2. The zero-order valence-corrected chi connectivity index (χ0v) is 15.9. The Labute approximate surface area is 165 Å². The van der Waals surface area contributed by atoms with Crippen molar-refractivity contribution in [3.05, 3.63) is 29.6 Å². The van der Waals surface area contributed by atoms with E-state index in [0.29, 0.717) is 23.5 Å². The van der Waals surface area contributed by atoms with E-state index in [0.717, 1.165) is 24.0 Å². The lowest BCUT2D eigenvalue weighted by Gasteiger charge is -2.14. The van der Waals surface area contributed by atoms with Crippen LogP contribution in [0.3, 0.4) is 0 Å². The molecule has 0 atom stereocenters. The molecule has 140 valence electrons. The van der Waals surface area contributed by atoms with Gasteiger partial charge in [-0.2, -0.15) is 4.98 Å². The summed E-state index contributed by atoms with van der Waals surface area (Å²) in [5.41, 5.74) is 2.46. The highest BCUT2D eigenvalue weighted by atomic mass is 35.5. The molecular formula is C18H23Cl2N5O. The SMILES string of the molecule is Cl.Cl.Oc1nc(NC2CCCCCC2)[nH]c1C=C1C=Nc2ncccc21. The van der Waals surface area contributed by atoms with E-state index in [1.807, 2.05) is 18.2 Å². The van der Waals surface area contributed by atoms with E-state index < -0.39 is 0 Å². The van der Waals surface area contributed by atoms with Gasteiger partial charge < -0.3 is 15.4 Å². The van der Waals surface area contributed by atoms with Crippen molar-refractivity contribution < 1.29 is 5.11 Å². The number of aromatic nitrogens is 3. The van der Waals surface area contributed by atoms with Crippen molar-refractivity contribution in [3.63, 3.8) is 0 Å². The third kappa shape index (κ3) is 4.37. The topological polar surface area (TPSA) is 86.2 Å². The first-order chi connectivity index (χ1) is 11.8. The summed E-state index contributed by atoms with van der Waals surface area (Å²) in [4.78, 5) is 15.9. The van der Waals surface area contributed by atoms with Crippen LogP contribution in [0, 0.1) is 0 Å². The first-order valence-corrected chi connectivity index (χ1v) is 8.56. The summed E-state index contributed by atoms with van der Waals surface area (Å²) in [6.07, 6.45) is 12.8. The van der Waals surface area contributed by atoms with Crippen molar-refractivity contribution in [1.29, 1.82) is 0 Å². The molecular weight excluding hydrogens is 373 g/mol. The number of halogens is 2. The van der Waals surface area contributed by atoms with Crippen LogP contribution < -0.4 is 5.32 Å². The Morgan fingerprint density at radius 1 is 1.15 bits per heavy atom. The molecule has 4 rings (SSSR count). The smallest absolute Gasteiger partial charge is 0.238 e. The van der Waals surface area contributed by atoms with Crippen LogP contribution in [0.25, 0.3) is 11.6 Å². The average molecular weight is 396 g/mol. The molecule has 0 bridgehead atoms. The Morgan fingerprint density at radius 3 is 2.69 bits per heavy atom. The number of hydrogen-bond acceptors (Lipinski definition) is 5. The molecule has 6 nitrogen and oxygen atoms in total. The molecule has 3 N–H and O–H groups in total. The molecule has 1 saturated carbocycles. The standard InChI is InChI=1S/C18H21N5O.2ClH/c24-17-15(10-12-11-20-16-14(12)8-5-9-19-16)22-18(23-17)21-13-6-3-1-2-4-7-13;;/h5,8-11,13,24H,1-4,6-7H2,(H2,21,22,23);2*1H. The van der Waals surface area contributed by atoms with Crippen LogP contribution in [0.1, 0.15) is 49.8 Å². The van der Waals surface area contributed by atoms with Crippen molar-refractivity contribution in [2.24, 2.45) is 4.99 Å². The molecule has 8 heteroatoms. The number of aromatic amines is 1. The van der Waals surface area contributed by atoms with Gasteiger partial charge in [0.25, 0.3) is 0 Å². The second kappa shape index (κ2) is 9.05. The molecule has 26 heavy (non-hydrogen) atoms. The molecule has 2 aliphatic rings. The minimum Gasteiger partial charge on any atom is -0.492 e. The van der Waals surface area contributed by atoms with Gasteiger partial charge in [0.2, 0.25) is 11.8 Å². The van der Waals surface area contributed by atoms with Crippen molar-refractivity contribution in [2.75, 3.05) is 5.32 Å².